The van der Waals surface area contributed by atoms with Crippen molar-refractivity contribution in [3.63, 3.8) is 0 Å². The number of carbonyl (C=O) groups excluding carboxylic acids is 1. The molecule has 0 spiro atoms. The maximum atomic E-state index is 11.6. The molecule has 0 bridgehead atoms. The number of hydrogen-bond acceptors (Lipinski definition) is 3. The predicted octanol–water partition coefficient (Wildman–Crippen LogP) is 1.78. The summed E-state index contributed by atoms with van der Waals surface area (Å²) in [5.41, 5.74) is -0.520. The number of hydrogen-bond donors (Lipinski definition) is 3. The molecule has 0 rings (SSSR count). The second-order valence-corrected chi connectivity index (χ2v) is 6.46. The van der Waals surface area contributed by atoms with Gasteiger partial charge in [-0.1, -0.05) is 27.7 Å². The quantitative estimate of drug-likeness (QED) is 0.691. The molecule has 1 unspecified atom stereocenters. The molecule has 2 atom stereocenters. The molecule has 6 heteroatoms. The molecular weight excluding hydrogens is 252 g/mol. The second kappa shape index (κ2) is 7.51. The van der Waals surface area contributed by atoms with Crippen molar-refractivity contribution in [3.8, 4) is 0 Å². The van der Waals surface area contributed by atoms with Crippen LogP contribution in [0.25, 0.3) is 0 Å². The van der Waals surface area contributed by atoms with E-state index in [-0.39, 0.29) is 0 Å². The molecule has 0 aliphatic rings. The maximum Gasteiger partial charge on any atom is 0.326 e. The molecule has 0 aromatic carbocycles. The predicted molar refractivity (Wildman–Crippen MR) is 75.0 cm³/mol. The molecule has 0 radical (unpaired) electrons. The second-order valence-electron chi connectivity index (χ2n) is 5.55. The summed E-state index contributed by atoms with van der Waals surface area (Å²) in [6.07, 6.45) is 2.01. The van der Waals surface area contributed by atoms with Crippen molar-refractivity contribution >= 4 is 23.8 Å². The number of nitrogens with one attached hydrogen (secondary N) is 2. The van der Waals surface area contributed by atoms with Gasteiger partial charge in [-0.05, 0) is 23.3 Å². The molecule has 0 aromatic heterocycles. The summed E-state index contributed by atoms with van der Waals surface area (Å²) in [5, 5.41) is 14.3. The van der Waals surface area contributed by atoms with E-state index in [0.29, 0.717) is 12.5 Å². The highest BCUT2D eigenvalue weighted by atomic mass is 32.2. The Morgan fingerprint density at radius 2 is 1.89 bits per heavy atom. The highest BCUT2D eigenvalue weighted by Crippen LogP contribution is 2.19. The fourth-order valence-electron chi connectivity index (χ4n) is 1.44. The SMILES string of the molecule is CSCC(C)CNC(=O)N[C@@H](C(=O)O)C(C)(C)C. The van der Waals surface area contributed by atoms with E-state index in [1.165, 1.54) is 0 Å². The highest BCUT2D eigenvalue weighted by molar-refractivity contribution is 7.98. The van der Waals surface area contributed by atoms with Gasteiger partial charge < -0.3 is 15.7 Å². The largest absolute Gasteiger partial charge is 0.480 e. The topological polar surface area (TPSA) is 78.4 Å². The Labute approximate surface area is 113 Å². The monoisotopic (exact) mass is 276 g/mol. The number of rotatable bonds is 6. The minimum absolute atomic E-state index is 0.365. The van der Waals surface area contributed by atoms with Gasteiger partial charge in [-0.3, -0.25) is 0 Å². The van der Waals surface area contributed by atoms with Gasteiger partial charge in [-0.25, -0.2) is 9.59 Å². The van der Waals surface area contributed by atoms with Crippen molar-refractivity contribution in [2.75, 3.05) is 18.6 Å². The van der Waals surface area contributed by atoms with E-state index in [1.54, 1.807) is 32.5 Å². The molecule has 0 aromatic rings. The Kier molecular flexibility index (Phi) is 7.13. The first-order valence-corrected chi connectivity index (χ1v) is 7.34. The van der Waals surface area contributed by atoms with Gasteiger partial charge in [0.2, 0.25) is 0 Å². The molecule has 0 aliphatic carbocycles. The zero-order chi connectivity index (χ0) is 14.3. The number of carbonyl (C=O) groups is 2. The molecule has 0 heterocycles. The van der Waals surface area contributed by atoms with Crippen molar-refractivity contribution in [1.82, 2.24) is 10.6 Å². The Morgan fingerprint density at radius 3 is 2.28 bits per heavy atom. The van der Waals surface area contributed by atoms with E-state index in [1.807, 2.05) is 13.2 Å². The molecule has 0 fully saturated rings. The van der Waals surface area contributed by atoms with Gasteiger partial charge >= 0.3 is 12.0 Å². The number of urea groups is 1. The van der Waals surface area contributed by atoms with Crippen molar-refractivity contribution < 1.29 is 14.7 Å². The number of carboxylic acids is 1. The Balaban J connectivity index is 4.24. The van der Waals surface area contributed by atoms with Gasteiger partial charge in [0.15, 0.2) is 0 Å². The summed E-state index contributed by atoms with van der Waals surface area (Å²) in [6, 6.07) is -1.32. The molecular formula is C12H24N2O3S. The van der Waals surface area contributed by atoms with Crippen molar-refractivity contribution in [3.05, 3.63) is 0 Å². The molecule has 106 valence electrons. The summed E-state index contributed by atoms with van der Waals surface area (Å²) in [7, 11) is 0. The van der Waals surface area contributed by atoms with Gasteiger partial charge in [0.25, 0.3) is 0 Å². The van der Waals surface area contributed by atoms with Crippen LogP contribution in [0.5, 0.6) is 0 Å². The first kappa shape index (κ1) is 17.1. The standard InChI is InChI=1S/C12H24N2O3S/c1-8(7-18-5)6-13-11(17)14-9(10(15)16)12(2,3)4/h8-9H,6-7H2,1-5H3,(H,15,16)(H2,13,14,17)/t8?,9-/m0/s1. The van der Waals surface area contributed by atoms with Crippen molar-refractivity contribution in [2.24, 2.45) is 11.3 Å². The van der Waals surface area contributed by atoms with Gasteiger partial charge in [-0.2, -0.15) is 11.8 Å². The van der Waals surface area contributed by atoms with Crippen LogP contribution in [0.4, 0.5) is 4.79 Å². The average Bonchev–Trinajstić information content (AvgIpc) is 2.21. The van der Waals surface area contributed by atoms with Crippen LogP contribution in [0.1, 0.15) is 27.7 Å². The zero-order valence-corrected chi connectivity index (χ0v) is 12.6. The molecule has 5 nitrogen and oxygen atoms in total. The summed E-state index contributed by atoms with van der Waals surface area (Å²) in [4.78, 5) is 22.7. The average molecular weight is 276 g/mol. The fraction of sp³-hybridized carbons (Fsp3) is 0.833. The molecule has 18 heavy (non-hydrogen) atoms. The van der Waals surface area contributed by atoms with E-state index in [9.17, 15) is 9.59 Å². The smallest absolute Gasteiger partial charge is 0.326 e. The molecule has 2 amide bonds. The van der Waals surface area contributed by atoms with E-state index in [2.05, 4.69) is 10.6 Å². The van der Waals surface area contributed by atoms with Crippen LogP contribution in [-0.4, -0.2) is 41.7 Å². The van der Waals surface area contributed by atoms with Gasteiger partial charge in [0, 0.05) is 6.54 Å². The first-order valence-electron chi connectivity index (χ1n) is 5.94. The van der Waals surface area contributed by atoms with Crippen LogP contribution in [0.15, 0.2) is 0 Å². The lowest BCUT2D eigenvalue weighted by Crippen LogP contribution is -2.52. The summed E-state index contributed by atoms with van der Waals surface area (Å²) < 4.78 is 0. The van der Waals surface area contributed by atoms with Gasteiger partial charge in [-0.15, -0.1) is 0 Å². The van der Waals surface area contributed by atoms with Crippen LogP contribution >= 0.6 is 11.8 Å². The molecule has 0 saturated heterocycles. The lowest BCUT2D eigenvalue weighted by molar-refractivity contribution is -0.141. The van der Waals surface area contributed by atoms with Crippen LogP contribution < -0.4 is 10.6 Å². The third kappa shape index (κ3) is 6.74. The third-order valence-corrected chi connectivity index (χ3v) is 3.35. The summed E-state index contributed by atoms with van der Waals surface area (Å²) in [6.45, 7) is 7.92. The maximum absolute atomic E-state index is 11.6. The van der Waals surface area contributed by atoms with E-state index in [4.69, 9.17) is 5.11 Å². The van der Waals surface area contributed by atoms with Gasteiger partial charge in [0.1, 0.15) is 6.04 Å². The number of amides is 2. The van der Waals surface area contributed by atoms with Crippen LogP contribution in [0, 0.1) is 11.3 Å². The first-order chi connectivity index (χ1) is 8.18. The third-order valence-electron chi connectivity index (χ3n) is 2.45. The number of thioether (sulfide) groups is 1. The van der Waals surface area contributed by atoms with Crippen LogP contribution in [0.2, 0.25) is 0 Å². The summed E-state index contributed by atoms with van der Waals surface area (Å²) >= 11 is 1.72. The lowest BCUT2D eigenvalue weighted by Gasteiger charge is -2.28. The summed E-state index contributed by atoms with van der Waals surface area (Å²) in [5.74, 6) is 0.306. The Hall–Kier alpha value is -0.910. The Morgan fingerprint density at radius 1 is 1.33 bits per heavy atom. The normalized spacial score (nSPS) is 14.7. The van der Waals surface area contributed by atoms with Gasteiger partial charge in [0.05, 0.1) is 0 Å². The Bertz CT molecular complexity index is 290. The fourth-order valence-corrected chi connectivity index (χ4v) is 2.13. The van der Waals surface area contributed by atoms with Crippen molar-refractivity contribution in [1.29, 1.82) is 0 Å². The highest BCUT2D eigenvalue weighted by Gasteiger charge is 2.32. The number of aliphatic carboxylic acids is 1. The lowest BCUT2D eigenvalue weighted by atomic mass is 9.87. The van der Waals surface area contributed by atoms with E-state index >= 15 is 0 Å². The van der Waals surface area contributed by atoms with Crippen LogP contribution in [0.3, 0.4) is 0 Å². The van der Waals surface area contributed by atoms with E-state index in [0.717, 1.165) is 5.75 Å². The zero-order valence-electron chi connectivity index (χ0n) is 11.7. The van der Waals surface area contributed by atoms with Crippen molar-refractivity contribution in [2.45, 2.75) is 33.7 Å². The minimum Gasteiger partial charge on any atom is -0.480 e. The molecule has 0 aliphatic heterocycles. The minimum atomic E-state index is -1.02. The van der Waals surface area contributed by atoms with Crippen LogP contribution in [-0.2, 0) is 4.79 Å². The number of carboxylic acid groups (broad SMARTS) is 1. The van der Waals surface area contributed by atoms with E-state index < -0.39 is 23.5 Å². The molecule has 3 N–H and O–H groups in total. The molecule has 0 saturated carbocycles.